The van der Waals surface area contributed by atoms with Crippen LogP contribution in [0.3, 0.4) is 0 Å². The molecule has 1 fully saturated rings. The first-order chi connectivity index (χ1) is 11.5. The Labute approximate surface area is 150 Å². The van der Waals surface area contributed by atoms with Crippen LogP contribution in [0.5, 0.6) is 0 Å². The standard InChI is InChI=1S/C18H17BrN2O2S/c19-18-12-15(7-6-14(18)13-20)21-10-8-17(9-11-21)24(22,23)16-4-2-1-3-5-16/h1-7,12,17H,8-11H2. The number of nitriles is 1. The molecule has 0 radical (unpaired) electrons. The summed E-state index contributed by atoms with van der Waals surface area (Å²) >= 11 is 3.40. The summed E-state index contributed by atoms with van der Waals surface area (Å²) in [7, 11) is -3.27. The summed E-state index contributed by atoms with van der Waals surface area (Å²) in [4.78, 5) is 2.58. The van der Waals surface area contributed by atoms with Crippen molar-refractivity contribution in [2.45, 2.75) is 23.0 Å². The molecule has 0 amide bonds. The van der Waals surface area contributed by atoms with Crippen molar-refractivity contribution in [3.05, 3.63) is 58.6 Å². The van der Waals surface area contributed by atoms with Gasteiger partial charge < -0.3 is 4.90 Å². The largest absolute Gasteiger partial charge is 0.371 e. The fourth-order valence-electron chi connectivity index (χ4n) is 3.02. The number of piperidine rings is 1. The number of anilines is 1. The van der Waals surface area contributed by atoms with Crippen LogP contribution in [-0.4, -0.2) is 26.8 Å². The normalized spacial score (nSPS) is 15.9. The molecule has 0 atom stereocenters. The van der Waals surface area contributed by atoms with Gasteiger partial charge in [-0.3, -0.25) is 0 Å². The summed E-state index contributed by atoms with van der Waals surface area (Å²) in [6.07, 6.45) is 1.21. The number of rotatable bonds is 3. The summed E-state index contributed by atoms with van der Waals surface area (Å²) in [5, 5.41) is 8.66. The Morgan fingerprint density at radius 1 is 1.08 bits per heavy atom. The van der Waals surface area contributed by atoms with Gasteiger partial charge in [-0.05, 0) is 59.1 Å². The van der Waals surface area contributed by atoms with Crippen molar-refractivity contribution >= 4 is 31.5 Å². The van der Waals surface area contributed by atoms with Crippen molar-refractivity contribution in [3.63, 3.8) is 0 Å². The topological polar surface area (TPSA) is 61.2 Å². The van der Waals surface area contributed by atoms with Gasteiger partial charge in [-0.15, -0.1) is 0 Å². The molecule has 0 spiro atoms. The SMILES string of the molecule is N#Cc1ccc(N2CCC(S(=O)(=O)c3ccccc3)CC2)cc1Br. The van der Waals surface area contributed by atoms with Crippen LogP contribution in [0.25, 0.3) is 0 Å². The lowest BCUT2D eigenvalue weighted by atomic mass is 10.1. The van der Waals surface area contributed by atoms with E-state index in [0.29, 0.717) is 36.4 Å². The lowest BCUT2D eigenvalue weighted by Crippen LogP contribution is -2.39. The molecule has 0 unspecified atom stereocenters. The van der Waals surface area contributed by atoms with Crippen molar-refractivity contribution in [1.82, 2.24) is 0 Å². The van der Waals surface area contributed by atoms with Gasteiger partial charge >= 0.3 is 0 Å². The second-order valence-electron chi connectivity index (χ2n) is 5.82. The van der Waals surface area contributed by atoms with E-state index < -0.39 is 9.84 Å². The molecule has 3 rings (SSSR count). The summed E-state index contributed by atoms with van der Waals surface area (Å²) in [6, 6.07) is 16.4. The minimum Gasteiger partial charge on any atom is -0.371 e. The zero-order valence-corrected chi connectivity index (χ0v) is 15.4. The molecule has 1 aliphatic rings. The van der Waals surface area contributed by atoms with Crippen LogP contribution in [0.15, 0.2) is 57.9 Å². The minimum atomic E-state index is -3.27. The Morgan fingerprint density at radius 2 is 1.75 bits per heavy atom. The Bertz CT molecular complexity index is 868. The number of hydrogen-bond acceptors (Lipinski definition) is 4. The number of sulfone groups is 1. The predicted molar refractivity (Wildman–Crippen MR) is 97.7 cm³/mol. The van der Waals surface area contributed by atoms with Gasteiger partial charge in [0.15, 0.2) is 9.84 Å². The molecule has 0 saturated carbocycles. The number of nitrogens with zero attached hydrogens (tertiary/aromatic N) is 2. The molecule has 1 saturated heterocycles. The molecule has 1 heterocycles. The monoisotopic (exact) mass is 404 g/mol. The van der Waals surface area contributed by atoms with Crippen molar-refractivity contribution in [2.24, 2.45) is 0 Å². The zero-order chi connectivity index (χ0) is 17.2. The summed E-state index contributed by atoms with van der Waals surface area (Å²) in [6.45, 7) is 1.38. The molecule has 2 aromatic carbocycles. The van der Waals surface area contributed by atoms with Crippen LogP contribution in [-0.2, 0) is 9.84 Å². The van der Waals surface area contributed by atoms with Gasteiger partial charge in [0.05, 0.1) is 15.7 Å². The molecule has 124 valence electrons. The van der Waals surface area contributed by atoms with E-state index in [1.807, 2.05) is 18.2 Å². The first kappa shape index (κ1) is 17.0. The molecule has 0 bridgehead atoms. The van der Waals surface area contributed by atoms with Crippen LogP contribution in [0.2, 0.25) is 0 Å². The molecule has 0 N–H and O–H groups in total. The van der Waals surface area contributed by atoms with E-state index in [1.54, 1.807) is 30.3 Å². The van der Waals surface area contributed by atoms with E-state index in [4.69, 9.17) is 5.26 Å². The van der Waals surface area contributed by atoms with Gasteiger partial charge in [0.1, 0.15) is 6.07 Å². The average Bonchev–Trinajstić information content (AvgIpc) is 2.62. The average molecular weight is 405 g/mol. The van der Waals surface area contributed by atoms with Gasteiger partial charge in [-0.25, -0.2) is 8.42 Å². The highest BCUT2D eigenvalue weighted by molar-refractivity contribution is 9.10. The first-order valence-electron chi connectivity index (χ1n) is 7.76. The maximum absolute atomic E-state index is 12.7. The third-order valence-electron chi connectivity index (χ3n) is 4.39. The molecule has 4 nitrogen and oxygen atoms in total. The van der Waals surface area contributed by atoms with Crippen molar-refractivity contribution in [1.29, 1.82) is 5.26 Å². The van der Waals surface area contributed by atoms with Gasteiger partial charge in [0, 0.05) is 23.2 Å². The molecule has 0 aromatic heterocycles. The number of hydrogen-bond donors (Lipinski definition) is 0. The van der Waals surface area contributed by atoms with Gasteiger partial charge in [-0.2, -0.15) is 5.26 Å². The quantitative estimate of drug-likeness (QED) is 0.780. The van der Waals surface area contributed by atoms with Gasteiger partial charge in [-0.1, -0.05) is 18.2 Å². The van der Waals surface area contributed by atoms with E-state index in [0.717, 1.165) is 10.2 Å². The minimum absolute atomic E-state index is 0.335. The highest BCUT2D eigenvalue weighted by Crippen LogP contribution is 2.29. The molecule has 24 heavy (non-hydrogen) atoms. The Balaban J connectivity index is 1.72. The molecule has 2 aromatic rings. The molecule has 0 aliphatic carbocycles. The van der Waals surface area contributed by atoms with Crippen molar-refractivity contribution in [2.75, 3.05) is 18.0 Å². The van der Waals surface area contributed by atoms with Crippen LogP contribution >= 0.6 is 15.9 Å². The van der Waals surface area contributed by atoms with Crippen LogP contribution < -0.4 is 4.90 Å². The van der Waals surface area contributed by atoms with Gasteiger partial charge in [0.25, 0.3) is 0 Å². The smallest absolute Gasteiger partial charge is 0.181 e. The van der Waals surface area contributed by atoms with Crippen molar-refractivity contribution in [3.8, 4) is 6.07 Å². The predicted octanol–water partition coefficient (Wildman–Crippen LogP) is 3.76. The van der Waals surface area contributed by atoms with Crippen molar-refractivity contribution < 1.29 is 8.42 Å². The highest BCUT2D eigenvalue weighted by atomic mass is 79.9. The molecule has 6 heteroatoms. The maximum Gasteiger partial charge on any atom is 0.181 e. The summed E-state index contributed by atoms with van der Waals surface area (Å²) in [5.74, 6) is 0. The van der Waals surface area contributed by atoms with Crippen LogP contribution in [0.1, 0.15) is 18.4 Å². The molecular weight excluding hydrogens is 388 g/mol. The van der Waals surface area contributed by atoms with E-state index in [-0.39, 0.29) is 5.25 Å². The zero-order valence-electron chi connectivity index (χ0n) is 13.0. The van der Waals surface area contributed by atoms with E-state index in [1.165, 1.54) is 0 Å². The number of benzene rings is 2. The third-order valence-corrected chi connectivity index (χ3v) is 7.33. The van der Waals surface area contributed by atoms with E-state index >= 15 is 0 Å². The second-order valence-corrected chi connectivity index (χ2v) is 8.90. The fraction of sp³-hybridized carbons (Fsp3) is 0.278. The van der Waals surface area contributed by atoms with E-state index in [2.05, 4.69) is 26.9 Å². The maximum atomic E-state index is 12.7. The van der Waals surface area contributed by atoms with Crippen LogP contribution in [0.4, 0.5) is 5.69 Å². The summed E-state index contributed by atoms with van der Waals surface area (Å²) in [5.41, 5.74) is 1.61. The fourth-order valence-corrected chi connectivity index (χ4v) is 5.23. The Kier molecular flexibility index (Phi) is 4.93. The summed E-state index contributed by atoms with van der Waals surface area (Å²) < 4.78 is 26.2. The lowest BCUT2D eigenvalue weighted by Gasteiger charge is -2.33. The Hall–Kier alpha value is -1.84. The number of halogens is 1. The van der Waals surface area contributed by atoms with Gasteiger partial charge in [0.2, 0.25) is 0 Å². The third kappa shape index (κ3) is 3.33. The highest BCUT2D eigenvalue weighted by Gasteiger charge is 2.31. The van der Waals surface area contributed by atoms with E-state index in [9.17, 15) is 8.42 Å². The molecule has 1 aliphatic heterocycles. The second kappa shape index (κ2) is 6.96. The van der Waals surface area contributed by atoms with Crippen LogP contribution in [0, 0.1) is 11.3 Å². The Morgan fingerprint density at radius 3 is 2.33 bits per heavy atom. The first-order valence-corrected chi connectivity index (χ1v) is 10.1. The lowest BCUT2D eigenvalue weighted by molar-refractivity contribution is 0.530. The molecular formula is C18H17BrN2O2S.